The van der Waals surface area contributed by atoms with E-state index in [1.54, 1.807) is 19.1 Å². The molecule has 0 unspecified atom stereocenters. The number of para-hydroxylation sites is 1. The number of anilines is 1. The van der Waals surface area contributed by atoms with Crippen LogP contribution in [0.1, 0.15) is 22.8 Å². The van der Waals surface area contributed by atoms with Gasteiger partial charge in [0, 0.05) is 0 Å². The lowest BCUT2D eigenvalue weighted by Crippen LogP contribution is -2.19. The molecule has 3 N–H and O–H groups in total. The van der Waals surface area contributed by atoms with Crippen LogP contribution in [0.3, 0.4) is 0 Å². The molecule has 0 radical (unpaired) electrons. The first-order valence-corrected chi connectivity index (χ1v) is 7.04. The van der Waals surface area contributed by atoms with Crippen molar-refractivity contribution in [3.05, 3.63) is 59.7 Å². The van der Waals surface area contributed by atoms with Crippen molar-refractivity contribution in [2.45, 2.75) is 13.8 Å². The van der Waals surface area contributed by atoms with Crippen molar-refractivity contribution in [3.8, 4) is 5.75 Å². The SMILES string of the molecule is CC(/C=N/Nc1ccc(C)cc1)=N\NC(=O)c1ccccc1O. The number of benzene rings is 2. The first-order chi connectivity index (χ1) is 11.1. The predicted octanol–water partition coefficient (Wildman–Crippen LogP) is 2.90. The van der Waals surface area contributed by atoms with Gasteiger partial charge < -0.3 is 5.11 Å². The van der Waals surface area contributed by atoms with Gasteiger partial charge in [0.2, 0.25) is 0 Å². The summed E-state index contributed by atoms with van der Waals surface area (Å²) in [5.74, 6) is -0.574. The van der Waals surface area contributed by atoms with Crippen LogP contribution in [-0.2, 0) is 0 Å². The lowest BCUT2D eigenvalue weighted by Gasteiger charge is -2.03. The number of aryl methyl sites for hydroxylation is 1. The van der Waals surface area contributed by atoms with E-state index in [1.165, 1.54) is 23.9 Å². The van der Waals surface area contributed by atoms with E-state index in [0.717, 1.165) is 5.69 Å². The molecule has 0 fully saturated rings. The Kier molecular flexibility index (Phi) is 5.46. The average Bonchev–Trinajstić information content (AvgIpc) is 2.55. The lowest BCUT2D eigenvalue weighted by molar-refractivity contribution is 0.0952. The van der Waals surface area contributed by atoms with Crippen LogP contribution in [0.5, 0.6) is 5.75 Å². The fraction of sp³-hybridized carbons (Fsp3) is 0.118. The van der Waals surface area contributed by atoms with E-state index in [1.807, 2.05) is 31.2 Å². The Hall–Kier alpha value is -3.15. The Morgan fingerprint density at radius 1 is 1.13 bits per heavy atom. The van der Waals surface area contributed by atoms with Crippen molar-refractivity contribution in [1.29, 1.82) is 0 Å². The van der Waals surface area contributed by atoms with Crippen molar-refractivity contribution < 1.29 is 9.90 Å². The summed E-state index contributed by atoms with van der Waals surface area (Å²) in [7, 11) is 0. The molecule has 0 bridgehead atoms. The van der Waals surface area contributed by atoms with Crippen molar-refractivity contribution in [3.63, 3.8) is 0 Å². The number of hydrazone groups is 2. The third-order valence-electron chi connectivity index (χ3n) is 2.98. The Labute approximate surface area is 134 Å². The summed E-state index contributed by atoms with van der Waals surface area (Å²) in [6.45, 7) is 3.71. The molecule has 0 atom stereocenters. The molecule has 1 amide bonds. The second-order valence-electron chi connectivity index (χ2n) is 4.95. The van der Waals surface area contributed by atoms with Crippen LogP contribution >= 0.6 is 0 Å². The topological polar surface area (TPSA) is 86.1 Å². The maximum Gasteiger partial charge on any atom is 0.275 e. The number of carbonyl (C=O) groups excluding carboxylic acids is 1. The van der Waals surface area contributed by atoms with Gasteiger partial charge >= 0.3 is 0 Å². The van der Waals surface area contributed by atoms with Gasteiger partial charge in [-0.15, -0.1) is 0 Å². The van der Waals surface area contributed by atoms with Crippen molar-refractivity contribution >= 4 is 23.5 Å². The van der Waals surface area contributed by atoms with Crippen LogP contribution in [0.2, 0.25) is 0 Å². The van der Waals surface area contributed by atoms with Crippen molar-refractivity contribution in [1.82, 2.24) is 5.43 Å². The van der Waals surface area contributed by atoms with Gasteiger partial charge in [-0.05, 0) is 38.1 Å². The summed E-state index contributed by atoms with van der Waals surface area (Å²) < 4.78 is 0. The molecule has 0 aliphatic rings. The fourth-order valence-electron chi connectivity index (χ4n) is 1.72. The Balaban J connectivity index is 1.90. The van der Waals surface area contributed by atoms with Gasteiger partial charge in [-0.1, -0.05) is 29.8 Å². The minimum absolute atomic E-state index is 0.0902. The van der Waals surface area contributed by atoms with Crippen molar-refractivity contribution in [2.24, 2.45) is 10.2 Å². The number of amides is 1. The van der Waals surface area contributed by atoms with E-state index >= 15 is 0 Å². The largest absolute Gasteiger partial charge is 0.507 e. The highest BCUT2D eigenvalue weighted by Crippen LogP contribution is 2.14. The molecule has 0 heterocycles. The molecule has 2 aromatic rings. The number of hydrogen-bond donors (Lipinski definition) is 3. The molecule has 0 spiro atoms. The molecule has 2 aromatic carbocycles. The normalized spacial score (nSPS) is 11.5. The van der Waals surface area contributed by atoms with Crippen LogP contribution in [0, 0.1) is 6.92 Å². The summed E-state index contributed by atoms with van der Waals surface area (Å²) in [6, 6.07) is 14.1. The number of nitrogens with one attached hydrogen (secondary N) is 2. The van der Waals surface area contributed by atoms with Gasteiger partial charge in [-0.3, -0.25) is 10.2 Å². The Bertz CT molecular complexity index is 737. The molecule has 0 aliphatic heterocycles. The molecule has 0 saturated carbocycles. The lowest BCUT2D eigenvalue weighted by atomic mass is 10.2. The van der Waals surface area contributed by atoms with E-state index in [4.69, 9.17) is 0 Å². The maximum atomic E-state index is 11.9. The Morgan fingerprint density at radius 3 is 2.52 bits per heavy atom. The molecule has 0 aliphatic carbocycles. The van der Waals surface area contributed by atoms with Gasteiger partial charge in [0.05, 0.1) is 23.2 Å². The van der Waals surface area contributed by atoms with Crippen LogP contribution in [0.4, 0.5) is 5.69 Å². The van der Waals surface area contributed by atoms with E-state index in [-0.39, 0.29) is 11.3 Å². The van der Waals surface area contributed by atoms with Crippen LogP contribution in [0.15, 0.2) is 58.7 Å². The molecular weight excluding hydrogens is 292 g/mol. The van der Waals surface area contributed by atoms with Gasteiger partial charge in [-0.2, -0.15) is 10.2 Å². The molecule has 23 heavy (non-hydrogen) atoms. The van der Waals surface area contributed by atoms with Crippen LogP contribution in [0.25, 0.3) is 0 Å². The molecule has 118 valence electrons. The summed E-state index contributed by atoms with van der Waals surface area (Å²) in [5, 5.41) is 17.5. The Morgan fingerprint density at radius 2 is 1.83 bits per heavy atom. The maximum absolute atomic E-state index is 11.9. The zero-order valence-corrected chi connectivity index (χ0v) is 12.9. The molecule has 2 rings (SSSR count). The quantitative estimate of drug-likeness (QED) is 0.586. The van der Waals surface area contributed by atoms with Crippen LogP contribution in [-0.4, -0.2) is 22.9 Å². The summed E-state index contributed by atoms with van der Waals surface area (Å²) in [6.07, 6.45) is 1.49. The molecule has 0 aromatic heterocycles. The zero-order chi connectivity index (χ0) is 16.7. The van der Waals surface area contributed by atoms with E-state index < -0.39 is 5.91 Å². The van der Waals surface area contributed by atoms with Gasteiger partial charge in [-0.25, -0.2) is 5.43 Å². The third-order valence-corrected chi connectivity index (χ3v) is 2.98. The molecule has 6 nitrogen and oxygen atoms in total. The number of carbonyl (C=O) groups is 1. The minimum atomic E-state index is -0.484. The average molecular weight is 310 g/mol. The fourth-order valence-corrected chi connectivity index (χ4v) is 1.72. The number of hydrogen-bond acceptors (Lipinski definition) is 5. The number of nitrogens with zero attached hydrogens (tertiary/aromatic N) is 2. The third kappa shape index (κ3) is 4.96. The highest BCUT2D eigenvalue weighted by atomic mass is 16.3. The summed E-state index contributed by atoms with van der Waals surface area (Å²) in [5.41, 5.74) is 7.94. The monoisotopic (exact) mass is 310 g/mol. The second-order valence-corrected chi connectivity index (χ2v) is 4.95. The number of aromatic hydroxyl groups is 1. The summed E-state index contributed by atoms with van der Waals surface area (Å²) in [4.78, 5) is 11.9. The zero-order valence-electron chi connectivity index (χ0n) is 12.9. The number of phenols is 1. The predicted molar refractivity (Wildman–Crippen MR) is 92.0 cm³/mol. The first kappa shape index (κ1) is 16.2. The molecular formula is C17H18N4O2. The summed E-state index contributed by atoms with van der Waals surface area (Å²) >= 11 is 0. The molecule has 0 saturated heterocycles. The van der Waals surface area contributed by atoms with E-state index in [0.29, 0.717) is 5.71 Å². The van der Waals surface area contributed by atoms with Gasteiger partial charge in [0.15, 0.2) is 0 Å². The van der Waals surface area contributed by atoms with E-state index in [2.05, 4.69) is 21.1 Å². The van der Waals surface area contributed by atoms with Crippen LogP contribution < -0.4 is 10.9 Å². The van der Waals surface area contributed by atoms with Gasteiger partial charge in [0.25, 0.3) is 5.91 Å². The highest BCUT2D eigenvalue weighted by Gasteiger charge is 2.08. The first-order valence-electron chi connectivity index (χ1n) is 7.04. The second kappa shape index (κ2) is 7.74. The smallest absolute Gasteiger partial charge is 0.275 e. The van der Waals surface area contributed by atoms with E-state index in [9.17, 15) is 9.90 Å². The number of rotatable bonds is 5. The standard InChI is InChI=1S/C17H18N4O2/c1-12-7-9-14(10-8-12)20-18-11-13(2)19-21-17(23)15-5-3-4-6-16(15)22/h3-11,20,22H,1-2H3,(H,21,23)/b18-11+,19-13+. The van der Waals surface area contributed by atoms with Gasteiger partial charge in [0.1, 0.15) is 5.75 Å². The molecule has 6 heteroatoms. The minimum Gasteiger partial charge on any atom is -0.507 e. The number of phenolic OH excluding ortho intramolecular Hbond substituents is 1. The highest BCUT2D eigenvalue weighted by molar-refractivity contribution is 6.29. The van der Waals surface area contributed by atoms with Crippen molar-refractivity contribution in [2.75, 3.05) is 5.43 Å².